The summed E-state index contributed by atoms with van der Waals surface area (Å²) >= 11 is 0. The third-order valence-corrected chi connectivity index (χ3v) is 2.54. The van der Waals surface area contributed by atoms with Gasteiger partial charge in [0, 0.05) is 5.56 Å². The molecular weight excluding hydrogens is 206 g/mol. The van der Waals surface area contributed by atoms with Crippen LogP contribution in [-0.4, -0.2) is 20.3 Å². The molecule has 0 aliphatic heterocycles. The zero-order valence-corrected chi connectivity index (χ0v) is 9.96. The Balaban J connectivity index is 3.36. The minimum atomic E-state index is 0.254. The quantitative estimate of drug-likeness (QED) is 0.578. The molecule has 4 nitrogen and oxygen atoms in total. The van der Waals surface area contributed by atoms with Crippen molar-refractivity contribution in [3.8, 4) is 11.5 Å². The highest BCUT2D eigenvalue weighted by atomic mass is 16.5. The van der Waals surface area contributed by atoms with Gasteiger partial charge >= 0.3 is 0 Å². The van der Waals surface area contributed by atoms with Crippen LogP contribution < -0.4 is 9.47 Å². The third-order valence-electron chi connectivity index (χ3n) is 2.54. The van der Waals surface area contributed by atoms with Crippen LogP contribution in [0.25, 0.3) is 0 Å². The number of nitrogens with zero attached hydrogens (tertiary/aromatic N) is 1. The number of isocyanates is 1. The zero-order valence-electron chi connectivity index (χ0n) is 9.96. The molecule has 4 heteroatoms. The maximum atomic E-state index is 10.1. The smallest absolute Gasteiger partial charge is 0.235 e. The molecule has 0 heterocycles. The Morgan fingerprint density at radius 3 is 2.38 bits per heavy atom. The first-order valence-corrected chi connectivity index (χ1v) is 4.90. The summed E-state index contributed by atoms with van der Waals surface area (Å²) in [6.45, 7) is 4.19. The molecular formula is C12H15NO3. The van der Waals surface area contributed by atoms with E-state index in [4.69, 9.17) is 9.47 Å². The minimum absolute atomic E-state index is 0.254. The maximum absolute atomic E-state index is 10.1. The van der Waals surface area contributed by atoms with E-state index >= 15 is 0 Å². The number of aryl methyl sites for hydroxylation is 1. The Hall–Kier alpha value is -1.80. The zero-order chi connectivity index (χ0) is 12.1. The van der Waals surface area contributed by atoms with Gasteiger partial charge in [-0.1, -0.05) is 0 Å². The number of aliphatic imine (C=N–C) groups is 1. The standard InChI is InChI=1S/C12H15NO3/c1-8-5-10(6-13-7-14)12(16-4)11(15-3)9(8)2/h5H,6H2,1-4H3. The van der Waals surface area contributed by atoms with Crippen molar-refractivity contribution in [1.29, 1.82) is 0 Å². The number of rotatable bonds is 4. The molecule has 0 unspecified atom stereocenters. The molecule has 0 aliphatic carbocycles. The predicted molar refractivity (Wildman–Crippen MR) is 60.8 cm³/mol. The largest absolute Gasteiger partial charge is 0.493 e. The summed E-state index contributed by atoms with van der Waals surface area (Å²) in [6, 6.07) is 1.94. The average molecular weight is 221 g/mol. The van der Waals surface area contributed by atoms with Crippen LogP contribution in [0.3, 0.4) is 0 Å². The van der Waals surface area contributed by atoms with E-state index in [1.807, 2.05) is 19.9 Å². The molecule has 0 saturated heterocycles. The molecule has 86 valence electrons. The van der Waals surface area contributed by atoms with Crippen molar-refractivity contribution in [2.24, 2.45) is 4.99 Å². The number of methoxy groups -OCH3 is 2. The highest BCUT2D eigenvalue weighted by molar-refractivity contribution is 5.55. The fraction of sp³-hybridized carbons (Fsp3) is 0.417. The van der Waals surface area contributed by atoms with Gasteiger partial charge in [0.25, 0.3) is 0 Å². The van der Waals surface area contributed by atoms with E-state index in [1.165, 1.54) is 6.08 Å². The molecule has 0 spiro atoms. The molecule has 0 aromatic heterocycles. The van der Waals surface area contributed by atoms with Crippen molar-refractivity contribution in [1.82, 2.24) is 0 Å². The van der Waals surface area contributed by atoms with Gasteiger partial charge in [-0.25, -0.2) is 9.79 Å². The summed E-state index contributed by atoms with van der Waals surface area (Å²) in [4.78, 5) is 13.7. The van der Waals surface area contributed by atoms with Gasteiger partial charge in [-0.3, -0.25) is 0 Å². The van der Waals surface area contributed by atoms with Crippen LogP contribution in [-0.2, 0) is 11.3 Å². The molecule has 0 aliphatic rings. The molecule has 1 rings (SSSR count). The molecule has 0 bridgehead atoms. The maximum Gasteiger partial charge on any atom is 0.235 e. The van der Waals surface area contributed by atoms with Gasteiger partial charge in [0.1, 0.15) is 0 Å². The Bertz CT molecular complexity index is 434. The molecule has 1 aromatic rings. The number of carbonyl (C=O) groups excluding carboxylic acids is 1. The van der Waals surface area contributed by atoms with Crippen LogP contribution in [0.1, 0.15) is 16.7 Å². The summed E-state index contributed by atoms with van der Waals surface area (Å²) in [5.74, 6) is 1.32. The number of hydrogen-bond donors (Lipinski definition) is 0. The molecule has 0 N–H and O–H groups in total. The number of ether oxygens (including phenoxy) is 2. The van der Waals surface area contributed by atoms with Crippen LogP contribution >= 0.6 is 0 Å². The topological polar surface area (TPSA) is 47.9 Å². The Morgan fingerprint density at radius 2 is 1.88 bits per heavy atom. The average Bonchev–Trinajstić information content (AvgIpc) is 2.29. The highest BCUT2D eigenvalue weighted by Gasteiger charge is 2.14. The van der Waals surface area contributed by atoms with Gasteiger partial charge in [0.15, 0.2) is 11.5 Å². The minimum Gasteiger partial charge on any atom is -0.493 e. The van der Waals surface area contributed by atoms with Crippen LogP contribution in [0.15, 0.2) is 11.1 Å². The Labute approximate surface area is 94.9 Å². The second-order valence-electron chi connectivity index (χ2n) is 3.45. The van der Waals surface area contributed by atoms with E-state index in [-0.39, 0.29) is 6.54 Å². The molecule has 16 heavy (non-hydrogen) atoms. The van der Waals surface area contributed by atoms with Crippen molar-refractivity contribution in [3.05, 3.63) is 22.8 Å². The second-order valence-corrected chi connectivity index (χ2v) is 3.45. The Kier molecular flexibility index (Phi) is 4.09. The van der Waals surface area contributed by atoms with Crippen molar-refractivity contribution >= 4 is 6.08 Å². The van der Waals surface area contributed by atoms with E-state index in [9.17, 15) is 4.79 Å². The first-order chi connectivity index (χ1) is 7.65. The molecule has 0 radical (unpaired) electrons. The molecule has 1 aromatic carbocycles. The lowest BCUT2D eigenvalue weighted by molar-refractivity contribution is 0.349. The van der Waals surface area contributed by atoms with Crippen LogP contribution in [0.4, 0.5) is 0 Å². The SMILES string of the molecule is COc1c(CN=C=O)cc(C)c(C)c1OC. The summed E-state index contributed by atoms with van der Waals surface area (Å²) in [5, 5.41) is 0. The molecule has 0 amide bonds. The van der Waals surface area contributed by atoms with E-state index < -0.39 is 0 Å². The van der Waals surface area contributed by atoms with Gasteiger partial charge in [-0.05, 0) is 31.0 Å². The number of hydrogen-bond acceptors (Lipinski definition) is 4. The van der Waals surface area contributed by atoms with Crippen LogP contribution in [0, 0.1) is 13.8 Å². The highest BCUT2D eigenvalue weighted by Crippen LogP contribution is 2.36. The van der Waals surface area contributed by atoms with E-state index in [2.05, 4.69) is 4.99 Å². The summed E-state index contributed by atoms with van der Waals surface area (Å²) in [7, 11) is 3.16. The summed E-state index contributed by atoms with van der Waals surface area (Å²) in [6.07, 6.45) is 1.52. The van der Waals surface area contributed by atoms with E-state index in [0.29, 0.717) is 11.5 Å². The lowest BCUT2D eigenvalue weighted by Crippen LogP contribution is -1.99. The fourth-order valence-corrected chi connectivity index (χ4v) is 1.63. The van der Waals surface area contributed by atoms with Crippen molar-refractivity contribution in [3.63, 3.8) is 0 Å². The third kappa shape index (κ3) is 2.23. The predicted octanol–water partition coefficient (Wildman–Crippen LogP) is 2.16. The first-order valence-electron chi connectivity index (χ1n) is 4.90. The Morgan fingerprint density at radius 1 is 1.25 bits per heavy atom. The van der Waals surface area contributed by atoms with Gasteiger partial charge in [0.05, 0.1) is 20.8 Å². The summed E-state index contributed by atoms with van der Waals surface area (Å²) in [5.41, 5.74) is 2.93. The van der Waals surface area contributed by atoms with Gasteiger partial charge < -0.3 is 9.47 Å². The van der Waals surface area contributed by atoms with E-state index in [1.54, 1.807) is 14.2 Å². The lowest BCUT2D eigenvalue weighted by atomic mass is 10.0. The van der Waals surface area contributed by atoms with Crippen molar-refractivity contribution in [2.45, 2.75) is 20.4 Å². The second kappa shape index (κ2) is 5.33. The fourth-order valence-electron chi connectivity index (χ4n) is 1.63. The molecule has 0 atom stereocenters. The van der Waals surface area contributed by atoms with Gasteiger partial charge in [0.2, 0.25) is 6.08 Å². The van der Waals surface area contributed by atoms with Crippen molar-refractivity contribution in [2.75, 3.05) is 14.2 Å². The normalized spacial score (nSPS) is 9.50. The van der Waals surface area contributed by atoms with Crippen LogP contribution in [0.2, 0.25) is 0 Å². The number of benzene rings is 1. The first kappa shape index (κ1) is 12.3. The van der Waals surface area contributed by atoms with E-state index in [0.717, 1.165) is 16.7 Å². The van der Waals surface area contributed by atoms with Crippen molar-refractivity contribution < 1.29 is 14.3 Å². The molecule has 0 saturated carbocycles. The monoisotopic (exact) mass is 221 g/mol. The summed E-state index contributed by atoms with van der Waals surface area (Å²) < 4.78 is 10.6. The lowest BCUT2D eigenvalue weighted by Gasteiger charge is -2.15. The molecule has 0 fully saturated rings. The van der Waals surface area contributed by atoms with Crippen LogP contribution in [0.5, 0.6) is 11.5 Å². The van der Waals surface area contributed by atoms with Gasteiger partial charge in [-0.15, -0.1) is 0 Å². The van der Waals surface area contributed by atoms with Gasteiger partial charge in [-0.2, -0.15) is 0 Å².